The van der Waals surface area contributed by atoms with Crippen molar-refractivity contribution in [1.29, 1.82) is 0 Å². The molecule has 0 radical (unpaired) electrons. The molecule has 1 N–H and O–H groups in total. The molecular weight excluding hydrogens is 282 g/mol. The first kappa shape index (κ1) is 15.4. The summed E-state index contributed by atoms with van der Waals surface area (Å²) in [5.74, 6) is -1.04. The second-order valence-corrected chi connectivity index (χ2v) is 4.62. The van der Waals surface area contributed by atoms with Crippen molar-refractivity contribution in [3.05, 3.63) is 65.7 Å². The Kier molecular flexibility index (Phi) is 5.03. The maximum absolute atomic E-state index is 11.9. The van der Waals surface area contributed by atoms with Gasteiger partial charge in [0.25, 0.3) is 0 Å². The first-order chi connectivity index (χ1) is 10.6. The quantitative estimate of drug-likeness (QED) is 0.680. The molecule has 22 heavy (non-hydrogen) atoms. The van der Waals surface area contributed by atoms with E-state index in [0.29, 0.717) is 16.8 Å². The summed E-state index contributed by atoms with van der Waals surface area (Å²) >= 11 is 0. The molecule has 0 spiro atoms. The van der Waals surface area contributed by atoms with E-state index in [9.17, 15) is 14.4 Å². The van der Waals surface area contributed by atoms with E-state index in [4.69, 9.17) is 4.74 Å². The van der Waals surface area contributed by atoms with E-state index < -0.39 is 5.97 Å². The van der Waals surface area contributed by atoms with Crippen molar-refractivity contribution in [2.45, 2.75) is 6.92 Å². The average molecular weight is 297 g/mol. The third kappa shape index (κ3) is 4.28. The molecule has 0 aliphatic carbocycles. The van der Waals surface area contributed by atoms with Crippen molar-refractivity contribution < 1.29 is 19.1 Å². The Morgan fingerprint density at radius 1 is 0.909 bits per heavy atom. The molecule has 0 bridgehead atoms. The standard InChI is InChI=1S/C17H15NO4/c1-12(19)18-15-9-7-14(8-10-15)17(21)22-11-16(20)13-5-3-2-4-6-13/h2-10H,11H2,1H3,(H,18,19). The van der Waals surface area contributed by atoms with Crippen LogP contribution in [-0.4, -0.2) is 24.3 Å². The molecule has 0 aliphatic rings. The minimum atomic E-state index is -0.585. The molecule has 0 saturated carbocycles. The van der Waals surface area contributed by atoms with Gasteiger partial charge in [-0.3, -0.25) is 9.59 Å². The van der Waals surface area contributed by atoms with Crippen molar-refractivity contribution >= 4 is 23.3 Å². The fourth-order valence-corrected chi connectivity index (χ4v) is 1.81. The summed E-state index contributed by atoms with van der Waals surface area (Å²) in [6.07, 6.45) is 0. The maximum atomic E-state index is 11.9. The van der Waals surface area contributed by atoms with Gasteiger partial charge in [0.15, 0.2) is 12.4 Å². The van der Waals surface area contributed by atoms with Gasteiger partial charge in [0.1, 0.15) is 0 Å². The van der Waals surface area contributed by atoms with Gasteiger partial charge in [-0.2, -0.15) is 0 Å². The largest absolute Gasteiger partial charge is 0.454 e. The Bertz CT molecular complexity index is 678. The van der Waals surface area contributed by atoms with Crippen LogP contribution in [0, 0.1) is 0 Å². The molecule has 0 fully saturated rings. The Hall–Kier alpha value is -2.95. The molecule has 0 heterocycles. The number of hydrogen-bond donors (Lipinski definition) is 1. The van der Waals surface area contributed by atoms with Gasteiger partial charge in [-0.15, -0.1) is 0 Å². The highest BCUT2D eigenvalue weighted by molar-refractivity contribution is 5.99. The van der Waals surface area contributed by atoms with Crippen molar-refractivity contribution in [2.75, 3.05) is 11.9 Å². The minimum absolute atomic E-state index is 0.191. The van der Waals surface area contributed by atoms with Crippen molar-refractivity contribution in [1.82, 2.24) is 0 Å². The average Bonchev–Trinajstić information content (AvgIpc) is 2.53. The second-order valence-electron chi connectivity index (χ2n) is 4.62. The number of carbonyl (C=O) groups excluding carboxylic acids is 3. The predicted molar refractivity (Wildman–Crippen MR) is 81.8 cm³/mol. The normalized spacial score (nSPS) is 9.86. The van der Waals surface area contributed by atoms with Crippen LogP contribution in [0.5, 0.6) is 0 Å². The van der Waals surface area contributed by atoms with Gasteiger partial charge in [-0.05, 0) is 24.3 Å². The molecule has 2 aromatic carbocycles. The van der Waals surface area contributed by atoms with Crippen molar-refractivity contribution in [3.8, 4) is 0 Å². The number of amides is 1. The van der Waals surface area contributed by atoms with E-state index in [0.717, 1.165) is 0 Å². The van der Waals surface area contributed by atoms with Gasteiger partial charge in [0.05, 0.1) is 5.56 Å². The fourth-order valence-electron chi connectivity index (χ4n) is 1.81. The van der Waals surface area contributed by atoms with Gasteiger partial charge < -0.3 is 10.1 Å². The molecule has 112 valence electrons. The number of esters is 1. The van der Waals surface area contributed by atoms with E-state index in [1.165, 1.54) is 19.1 Å². The lowest BCUT2D eigenvalue weighted by Crippen LogP contribution is -2.14. The summed E-state index contributed by atoms with van der Waals surface area (Å²) < 4.78 is 4.99. The zero-order valence-electron chi connectivity index (χ0n) is 12.0. The predicted octanol–water partition coefficient (Wildman–Crippen LogP) is 2.68. The molecular formula is C17H15NO4. The molecule has 5 nitrogen and oxygen atoms in total. The van der Waals surface area contributed by atoms with Gasteiger partial charge in [-0.25, -0.2) is 4.79 Å². The van der Waals surface area contributed by atoms with Gasteiger partial charge in [0.2, 0.25) is 5.91 Å². The molecule has 0 aromatic heterocycles. The number of anilines is 1. The topological polar surface area (TPSA) is 72.5 Å². The fraction of sp³-hybridized carbons (Fsp3) is 0.118. The van der Waals surface area contributed by atoms with Crippen LogP contribution in [0.25, 0.3) is 0 Å². The molecule has 2 rings (SSSR count). The third-order valence-corrected chi connectivity index (χ3v) is 2.87. The highest BCUT2D eigenvalue weighted by Crippen LogP contribution is 2.11. The highest BCUT2D eigenvalue weighted by atomic mass is 16.5. The molecule has 0 saturated heterocycles. The monoisotopic (exact) mass is 297 g/mol. The molecule has 2 aromatic rings. The summed E-state index contributed by atoms with van der Waals surface area (Å²) in [5, 5.41) is 2.60. The summed E-state index contributed by atoms with van der Waals surface area (Å²) in [7, 11) is 0. The number of nitrogens with one attached hydrogen (secondary N) is 1. The second kappa shape index (κ2) is 7.17. The Morgan fingerprint density at radius 2 is 1.55 bits per heavy atom. The molecule has 1 amide bonds. The van der Waals surface area contributed by atoms with Crippen LogP contribution in [0.1, 0.15) is 27.6 Å². The first-order valence-electron chi connectivity index (χ1n) is 6.69. The van der Waals surface area contributed by atoms with Crippen LogP contribution in [0.4, 0.5) is 5.69 Å². The zero-order valence-corrected chi connectivity index (χ0v) is 12.0. The van der Waals surface area contributed by atoms with Crippen LogP contribution in [0.15, 0.2) is 54.6 Å². The van der Waals surface area contributed by atoms with E-state index >= 15 is 0 Å². The lowest BCUT2D eigenvalue weighted by molar-refractivity contribution is -0.114. The van der Waals surface area contributed by atoms with Crippen LogP contribution in [-0.2, 0) is 9.53 Å². The number of carbonyl (C=O) groups is 3. The van der Waals surface area contributed by atoms with Crippen molar-refractivity contribution in [2.24, 2.45) is 0 Å². The summed E-state index contributed by atoms with van der Waals surface area (Å²) in [4.78, 5) is 34.6. The number of Topliss-reactive ketones (excluding diaryl/α,β-unsaturated/α-hetero) is 1. The number of benzene rings is 2. The number of rotatable bonds is 5. The van der Waals surface area contributed by atoms with E-state index in [1.54, 1.807) is 42.5 Å². The van der Waals surface area contributed by atoms with Crippen LogP contribution < -0.4 is 5.32 Å². The first-order valence-corrected chi connectivity index (χ1v) is 6.69. The summed E-state index contributed by atoms with van der Waals surface area (Å²) in [6, 6.07) is 14.9. The van der Waals surface area contributed by atoms with Gasteiger partial charge in [0, 0.05) is 18.2 Å². The number of hydrogen-bond acceptors (Lipinski definition) is 4. The lowest BCUT2D eigenvalue weighted by Gasteiger charge is -2.06. The van der Waals surface area contributed by atoms with E-state index in [2.05, 4.69) is 5.32 Å². The number of ketones is 1. The molecule has 0 aliphatic heterocycles. The smallest absolute Gasteiger partial charge is 0.338 e. The summed E-state index contributed by atoms with van der Waals surface area (Å²) in [5.41, 5.74) is 1.40. The minimum Gasteiger partial charge on any atom is -0.454 e. The Labute approximate surface area is 127 Å². The highest BCUT2D eigenvalue weighted by Gasteiger charge is 2.11. The summed E-state index contributed by atoms with van der Waals surface area (Å²) in [6.45, 7) is 1.09. The van der Waals surface area contributed by atoms with Crippen molar-refractivity contribution in [3.63, 3.8) is 0 Å². The van der Waals surface area contributed by atoms with E-state index in [-0.39, 0.29) is 18.3 Å². The van der Waals surface area contributed by atoms with Crippen LogP contribution in [0.3, 0.4) is 0 Å². The van der Waals surface area contributed by atoms with Crippen LogP contribution in [0.2, 0.25) is 0 Å². The maximum Gasteiger partial charge on any atom is 0.338 e. The zero-order chi connectivity index (χ0) is 15.9. The molecule has 0 unspecified atom stereocenters. The van der Waals surface area contributed by atoms with Crippen LogP contribution >= 0.6 is 0 Å². The van der Waals surface area contributed by atoms with E-state index in [1.807, 2.05) is 0 Å². The number of ether oxygens (including phenoxy) is 1. The Morgan fingerprint density at radius 3 is 2.14 bits per heavy atom. The third-order valence-electron chi connectivity index (χ3n) is 2.87. The lowest BCUT2D eigenvalue weighted by atomic mass is 10.1. The molecule has 0 atom stereocenters. The molecule has 5 heteroatoms. The van der Waals surface area contributed by atoms with Gasteiger partial charge in [-0.1, -0.05) is 30.3 Å². The van der Waals surface area contributed by atoms with Gasteiger partial charge >= 0.3 is 5.97 Å². The Balaban J connectivity index is 1.92. The SMILES string of the molecule is CC(=O)Nc1ccc(C(=O)OCC(=O)c2ccccc2)cc1.